The number of nitrogens with one attached hydrogen (secondary N) is 3. The zero-order valence-electron chi connectivity index (χ0n) is 14.7. The van der Waals surface area contributed by atoms with E-state index in [1.807, 2.05) is 25.1 Å². The van der Waals surface area contributed by atoms with Gasteiger partial charge in [-0.1, -0.05) is 30.3 Å². The third-order valence-electron chi connectivity index (χ3n) is 3.43. The topological polar surface area (TPSA) is 96.5 Å². The molecule has 0 aliphatic heterocycles. The van der Waals surface area contributed by atoms with Gasteiger partial charge in [0.1, 0.15) is 5.75 Å². The van der Waals surface area contributed by atoms with Gasteiger partial charge in [0.15, 0.2) is 6.61 Å². The molecule has 0 radical (unpaired) electrons. The van der Waals surface area contributed by atoms with Gasteiger partial charge in [-0.05, 0) is 36.2 Å². The van der Waals surface area contributed by atoms with Gasteiger partial charge in [0.05, 0.1) is 6.42 Å². The number of carbonyl (C=O) groups is 3. The Labute approximate surface area is 151 Å². The molecule has 7 nitrogen and oxygen atoms in total. The van der Waals surface area contributed by atoms with Gasteiger partial charge in [0.2, 0.25) is 11.8 Å². The Balaban J connectivity index is 1.73. The van der Waals surface area contributed by atoms with E-state index >= 15 is 0 Å². The van der Waals surface area contributed by atoms with Crippen LogP contribution in [0.5, 0.6) is 5.75 Å². The number of ether oxygens (including phenoxy) is 1. The maximum absolute atomic E-state index is 11.9. The summed E-state index contributed by atoms with van der Waals surface area (Å²) in [6.45, 7) is 3.11. The number of hydrazine groups is 1. The molecule has 0 bridgehead atoms. The second-order valence-corrected chi connectivity index (χ2v) is 5.71. The average Bonchev–Trinajstić information content (AvgIpc) is 2.60. The maximum Gasteiger partial charge on any atom is 0.276 e. The first kappa shape index (κ1) is 19.0. The number of rotatable bonds is 6. The molecule has 0 unspecified atom stereocenters. The summed E-state index contributed by atoms with van der Waals surface area (Å²) >= 11 is 0. The molecule has 3 amide bonds. The van der Waals surface area contributed by atoms with Crippen molar-refractivity contribution in [2.24, 2.45) is 0 Å². The van der Waals surface area contributed by atoms with Crippen molar-refractivity contribution in [3.05, 3.63) is 59.7 Å². The highest BCUT2D eigenvalue weighted by atomic mass is 16.5. The van der Waals surface area contributed by atoms with Crippen LogP contribution in [0.2, 0.25) is 0 Å². The van der Waals surface area contributed by atoms with Crippen LogP contribution in [0.3, 0.4) is 0 Å². The summed E-state index contributed by atoms with van der Waals surface area (Å²) in [7, 11) is 0. The summed E-state index contributed by atoms with van der Waals surface area (Å²) in [5, 5.41) is 2.65. The Morgan fingerprint density at radius 3 is 2.23 bits per heavy atom. The molecule has 26 heavy (non-hydrogen) atoms. The van der Waals surface area contributed by atoms with Gasteiger partial charge in [-0.25, -0.2) is 0 Å². The van der Waals surface area contributed by atoms with Crippen LogP contribution in [0.25, 0.3) is 0 Å². The lowest BCUT2D eigenvalue weighted by atomic mass is 10.1. The standard InChI is InChI=1S/C19H21N3O4/c1-13-5-3-4-6-17(13)26-12-19(25)22-21-18(24)11-15-7-9-16(10-8-15)20-14(2)23/h3-10H,11-12H2,1-2H3,(H,20,23)(H,21,24)(H,22,25). The monoisotopic (exact) mass is 355 g/mol. The van der Waals surface area contributed by atoms with Crippen molar-refractivity contribution < 1.29 is 19.1 Å². The highest BCUT2D eigenvalue weighted by Crippen LogP contribution is 2.15. The van der Waals surface area contributed by atoms with Gasteiger partial charge in [-0.3, -0.25) is 25.2 Å². The lowest BCUT2D eigenvalue weighted by molar-refractivity contribution is -0.129. The Morgan fingerprint density at radius 2 is 1.58 bits per heavy atom. The van der Waals surface area contributed by atoms with E-state index in [4.69, 9.17) is 4.74 Å². The lowest BCUT2D eigenvalue weighted by Crippen LogP contribution is -2.44. The molecule has 0 spiro atoms. The molecule has 7 heteroatoms. The molecular formula is C19H21N3O4. The fourth-order valence-corrected chi connectivity index (χ4v) is 2.18. The first-order valence-corrected chi connectivity index (χ1v) is 8.06. The molecule has 0 aromatic heterocycles. The number of hydrogen-bond acceptors (Lipinski definition) is 4. The van der Waals surface area contributed by atoms with Gasteiger partial charge < -0.3 is 10.1 Å². The van der Waals surface area contributed by atoms with Crippen LogP contribution in [0.1, 0.15) is 18.1 Å². The zero-order valence-corrected chi connectivity index (χ0v) is 14.7. The van der Waals surface area contributed by atoms with E-state index in [-0.39, 0.29) is 24.8 Å². The highest BCUT2D eigenvalue weighted by Gasteiger charge is 2.08. The minimum atomic E-state index is -0.456. The number of para-hydroxylation sites is 1. The summed E-state index contributed by atoms with van der Waals surface area (Å²) in [6, 6.07) is 14.2. The Morgan fingerprint density at radius 1 is 0.923 bits per heavy atom. The summed E-state index contributed by atoms with van der Waals surface area (Å²) < 4.78 is 5.40. The highest BCUT2D eigenvalue weighted by molar-refractivity contribution is 5.88. The normalized spacial score (nSPS) is 9.92. The summed E-state index contributed by atoms with van der Waals surface area (Å²) in [5.74, 6) is -0.358. The largest absolute Gasteiger partial charge is 0.483 e. The van der Waals surface area contributed by atoms with Gasteiger partial charge in [-0.15, -0.1) is 0 Å². The molecule has 2 aromatic carbocycles. The Hall–Kier alpha value is -3.35. The molecule has 0 aliphatic rings. The van der Waals surface area contributed by atoms with Crippen molar-refractivity contribution in [1.29, 1.82) is 0 Å². The van der Waals surface area contributed by atoms with Crippen molar-refractivity contribution in [3.63, 3.8) is 0 Å². The van der Waals surface area contributed by atoms with E-state index in [0.717, 1.165) is 11.1 Å². The molecule has 0 heterocycles. The zero-order chi connectivity index (χ0) is 18.9. The summed E-state index contributed by atoms with van der Waals surface area (Å²) in [5.41, 5.74) is 6.98. The number of aryl methyl sites for hydroxylation is 1. The van der Waals surface area contributed by atoms with E-state index in [1.54, 1.807) is 30.3 Å². The maximum atomic E-state index is 11.9. The Bertz CT molecular complexity index is 788. The van der Waals surface area contributed by atoms with Crippen LogP contribution in [-0.4, -0.2) is 24.3 Å². The van der Waals surface area contributed by atoms with Crippen LogP contribution >= 0.6 is 0 Å². The summed E-state index contributed by atoms with van der Waals surface area (Å²) in [6.07, 6.45) is 0.0965. The van der Waals surface area contributed by atoms with Crippen molar-refractivity contribution >= 4 is 23.4 Å². The average molecular weight is 355 g/mol. The first-order valence-electron chi connectivity index (χ1n) is 8.06. The molecule has 0 atom stereocenters. The fourth-order valence-electron chi connectivity index (χ4n) is 2.18. The minimum absolute atomic E-state index is 0.0965. The molecular weight excluding hydrogens is 334 g/mol. The van der Waals surface area contributed by atoms with E-state index in [0.29, 0.717) is 11.4 Å². The smallest absolute Gasteiger partial charge is 0.276 e. The second kappa shape index (κ2) is 9.22. The SMILES string of the molecule is CC(=O)Nc1ccc(CC(=O)NNC(=O)COc2ccccc2C)cc1. The van der Waals surface area contributed by atoms with E-state index in [2.05, 4.69) is 16.2 Å². The van der Waals surface area contributed by atoms with E-state index < -0.39 is 5.91 Å². The lowest BCUT2D eigenvalue weighted by Gasteiger charge is -2.10. The van der Waals surface area contributed by atoms with Gasteiger partial charge in [-0.2, -0.15) is 0 Å². The molecule has 0 fully saturated rings. The number of benzene rings is 2. The van der Waals surface area contributed by atoms with Crippen molar-refractivity contribution in [2.45, 2.75) is 20.3 Å². The van der Waals surface area contributed by atoms with Crippen LogP contribution in [0, 0.1) is 6.92 Å². The predicted molar refractivity (Wildman–Crippen MR) is 97.4 cm³/mol. The molecule has 0 saturated heterocycles. The molecule has 0 aliphatic carbocycles. The van der Waals surface area contributed by atoms with Crippen molar-refractivity contribution in [2.75, 3.05) is 11.9 Å². The number of anilines is 1. The third kappa shape index (κ3) is 6.27. The van der Waals surface area contributed by atoms with Gasteiger partial charge in [0, 0.05) is 12.6 Å². The first-order chi connectivity index (χ1) is 12.4. The van der Waals surface area contributed by atoms with E-state index in [1.165, 1.54) is 6.92 Å². The minimum Gasteiger partial charge on any atom is -0.483 e. The molecule has 136 valence electrons. The van der Waals surface area contributed by atoms with Crippen molar-refractivity contribution in [3.8, 4) is 5.75 Å². The number of hydrogen-bond donors (Lipinski definition) is 3. The molecule has 3 N–H and O–H groups in total. The van der Waals surface area contributed by atoms with Crippen molar-refractivity contribution in [1.82, 2.24) is 10.9 Å². The van der Waals surface area contributed by atoms with Crippen LogP contribution in [0.15, 0.2) is 48.5 Å². The molecule has 0 saturated carbocycles. The third-order valence-corrected chi connectivity index (χ3v) is 3.43. The van der Waals surface area contributed by atoms with Crippen LogP contribution in [-0.2, 0) is 20.8 Å². The van der Waals surface area contributed by atoms with Crippen LogP contribution < -0.4 is 20.9 Å². The summed E-state index contributed by atoms with van der Waals surface area (Å²) in [4.78, 5) is 34.6. The van der Waals surface area contributed by atoms with Crippen LogP contribution in [0.4, 0.5) is 5.69 Å². The van der Waals surface area contributed by atoms with E-state index in [9.17, 15) is 14.4 Å². The second-order valence-electron chi connectivity index (χ2n) is 5.71. The quantitative estimate of drug-likeness (QED) is 0.688. The molecule has 2 aromatic rings. The van der Waals surface area contributed by atoms with Gasteiger partial charge in [0.25, 0.3) is 5.91 Å². The molecule has 2 rings (SSSR count). The van der Waals surface area contributed by atoms with Gasteiger partial charge >= 0.3 is 0 Å². The predicted octanol–water partition coefficient (Wildman–Crippen LogP) is 1.72. The number of amides is 3. The fraction of sp³-hybridized carbons (Fsp3) is 0.211. The Kier molecular flexibility index (Phi) is 6.73. The number of carbonyl (C=O) groups excluding carboxylic acids is 3.